The molecule has 0 aromatic heterocycles. The zero-order valence-electron chi connectivity index (χ0n) is 11.6. The molecule has 0 aliphatic heterocycles. The molecule has 0 aliphatic rings. The summed E-state index contributed by atoms with van der Waals surface area (Å²) in [6.45, 7) is 2.92. The van der Waals surface area contributed by atoms with Gasteiger partial charge >= 0.3 is 0 Å². The fourth-order valence-electron chi connectivity index (χ4n) is 2.00. The highest BCUT2D eigenvalue weighted by molar-refractivity contribution is 6.32. The monoisotopic (exact) mass is 281 g/mol. The molecular weight excluding hydrogens is 262 g/mol. The summed E-state index contributed by atoms with van der Waals surface area (Å²) < 4.78 is 10.5. The summed E-state index contributed by atoms with van der Waals surface area (Å²) in [5.41, 5.74) is 1.06. The third kappa shape index (κ3) is 4.05. The Bertz CT molecular complexity index is 454. The number of hydrogen-bond acceptors (Lipinski definition) is 3. The van der Waals surface area contributed by atoms with Gasteiger partial charge in [-0.25, -0.2) is 0 Å². The summed E-state index contributed by atoms with van der Waals surface area (Å²) in [5, 5.41) is 3.94. The van der Waals surface area contributed by atoms with Crippen molar-refractivity contribution < 1.29 is 9.47 Å². The van der Waals surface area contributed by atoms with E-state index in [0.29, 0.717) is 22.9 Å². The first-order valence-corrected chi connectivity index (χ1v) is 6.63. The van der Waals surface area contributed by atoms with Crippen LogP contribution in [0.4, 0.5) is 0 Å². The number of terminal acetylenes is 1. The van der Waals surface area contributed by atoms with E-state index in [1.807, 2.05) is 12.1 Å². The van der Waals surface area contributed by atoms with E-state index in [4.69, 9.17) is 27.5 Å². The van der Waals surface area contributed by atoms with Gasteiger partial charge in [-0.05, 0) is 30.7 Å². The maximum atomic E-state index is 6.22. The topological polar surface area (TPSA) is 30.5 Å². The Hall–Kier alpha value is -1.37. The van der Waals surface area contributed by atoms with Gasteiger partial charge < -0.3 is 14.8 Å². The quantitative estimate of drug-likeness (QED) is 0.777. The molecule has 4 heteroatoms. The maximum Gasteiger partial charge on any atom is 0.179 e. The second-order valence-corrected chi connectivity index (χ2v) is 4.50. The van der Waals surface area contributed by atoms with Crippen molar-refractivity contribution in [1.82, 2.24) is 5.32 Å². The molecule has 0 bridgehead atoms. The van der Waals surface area contributed by atoms with Gasteiger partial charge in [0.15, 0.2) is 11.5 Å². The van der Waals surface area contributed by atoms with Gasteiger partial charge in [-0.1, -0.05) is 18.5 Å². The molecule has 0 saturated carbocycles. The van der Waals surface area contributed by atoms with Gasteiger partial charge in [0.05, 0.1) is 19.2 Å². The predicted molar refractivity (Wildman–Crippen MR) is 79.0 cm³/mol. The summed E-state index contributed by atoms with van der Waals surface area (Å²) in [6, 6.07) is 4.00. The lowest BCUT2D eigenvalue weighted by molar-refractivity contribution is 0.354. The van der Waals surface area contributed by atoms with E-state index in [1.54, 1.807) is 14.2 Å². The van der Waals surface area contributed by atoms with E-state index in [-0.39, 0.29) is 6.04 Å². The van der Waals surface area contributed by atoms with Crippen molar-refractivity contribution in [3.8, 4) is 23.8 Å². The lowest BCUT2D eigenvalue weighted by atomic mass is 10.0. The van der Waals surface area contributed by atoms with Crippen LogP contribution in [0.15, 0.2) is 12.1 Å². The van der Waals surface area contributed by atoms with Crippen LogP contribution in [0.25, 0.3) is 0 Å². The molecule has 0 saturated heterocycles. The highest BCUT2D eigenvalue weighted by Crippen LogP contribution is 2.38. The zero-order chi connectivity index (χ0) is 14.3. The predicted octanol–water partition coefficient (Wildman–Crippen LogP) is 3.42. The fourth-order valence-corrected chi connectivity index (χ4v) is 2.30. The minimum absolute atomic E-state index is 0.165. The first kappa shape index (κ1) is 15.7. The number of halogens is 1. The Morgan fingerprint density at radius 3 is 2.63 bits per heavy atom. The molecule has 0 aliphatic carbocycles. The second kappa shape index (κ2) is 7.93. The summed E-state index contributed by atoms with van der Waals surface area (Å²) >= 11 is 6.22. The van der Waals surface area contributed by atoms with Gasteiger partial charge in [0.25, 0.3) is 0 Å². The molecule has 1 N–H and O–H groups in total. The lowest BCUT2D eigenvalue weighted by Crippen LogP contribution is -2.20. The van der Waals surface area contributed by atoms with Gasteiger partial charge in [-0.2, -0.15) is 0 Å². The maximum absolute atomic E-state index is 6.22. The average molecular weight is 282 g/mol. The lowest BCUT2D eigenvalue weighted by Gasteiger charge is -2.20. The SMILES string of the molecule is C#CCCC(NCC)c1cc(Cl)c(OC)c(OC)c1. The number of hydrogen-bond donors (Lipinski definition) is 1. The fraction of sp³-hybridized carbons (Fsp3) is 0.467. The van der Waals surface area contributed by atoms with Crippen LogP contribution in [0.3, 0.4) is 0 Å². The number of rotatable bonds is 7. The van der Waals surface area contributed by atoms with Crippen molar-refractivity contribution in [2.24, 2.45) is 0 Å². The van der Waals surface area contributed by atoms with Crippen LogP contribution in [0, 0.1) is 12.3 Å². The highest BCUT2D eigenvalue weighted by Gasteiger charge is 2.16. The third-order valence-electron chi connectivity index (χ3n) is 2.89. The minimum Gasteiger partial charge on any atom is -0.493 e. The molecule has 0 fully saturated rings. The van der Waals surface area contributed by atoms with Crippen molar-refractivity contribution in [1.29, 1.82) is 0 Å². The Labute approximate surface area is 120 Å². The average Bonchev–Trinajstić information content (AvgIpc) is 2.42. The largest absolute Gasteiger partial charge is 0.493 e. The van der Waals surface area contributed by atoms with Crippen molar-refractivity contribution >= 4 is 11.6 Å². The van der Waals surface area contributed by atoms with Crippen molar-refractivity contribution in [2.75, 3.05) is 20.8 Å². The molecule has 1 atom stereocenters. The molecule has 0 radical (unpaired) electrons. The smallest absolute Gasteiger partial charge is 0.179 e. The molecule has 104 valence electrons. The van der Waals surface area contributed by atoms with E-state index in [0.717, 1.165) is 18.5 Å². The van der Waals surface area contributed by atoms with Crippen LogP contribution in [-0.2, 0) is 0 Å². The molecule has 1 aromatic rings. The third-order valence-corrected chi connectivity index (χ3v) is 3.17. The number of nitrogens with one attached hydrogen (secondary N) is 1. The van der Waals surface area contributed by atoms with Gasteiger partial charge in [-0.15, -0.1) is 12.3 Å². The summed E-state index contributed by atoms with van der Waals surface area (Å²) in [4.78, 5) is 0. The molecular formula is C15H20ClNO2. The minimum atomic E-state index is 0.165. The normalized spacial score (nSPS) is 11.7. The van der Waals surface area contributed by atoms with E-state index >= 15 is 0 Å². The molecule has 0 spiro atoms. The Kier molecular flexibility index (Phi) is 6.55. The van der Waals surface area contributed by atoms with Gasteiger partial charge in [-0.3, -0.25) is 0 Å². The van der Waals surface area contributed by atoms with Crippen LogP contribution in [0.2, 0.25) is 5.02 Å². The van der Waals surface area contributed by atoms with Crippen molar-refractivity contribution in [2.45, 2.75) is 25.8 Å². The highest BCUT2D eigenvalue weighted by atomic mass is 35.5. The van der Waals surface area contributed by atoms with Crippen molar-refractivity contribution in [3.05, 3.63) is 22.7 Å². The molecule has 1 aromatic carbocycles. The molecule has 0 heterocycles. The molecule has 0 amide bonds. The Morgan fingerprint density at radius 2 is 2.11 bits per heavy atom. The molecule has 1 rings (SSSR count). The molecule has 3 nitrogen and oxygen atoms in total. The first-order chi connectivity index (χ1) is 9.17. The van der Waals surface area contributed by atoms with Crippen molar-refractivity contribution in [3.63, 3.8) is 0 Å². The summed E-state index contributed by atoms with van der Waals surface area (Å²) in [5.74, 6) is 3.85. The second-order valence-electron chi connectivity index (χ2n) is 4.09. The van der Waals surface area contributed by atoms with Crippen LogP contribution in [0.5, 0.6) is 11.5 Å². The summed E-state index contributed by atoms with van der Waals surface area (Å²) in [7, 11) is 3.17. The molecule has 19 heavy (non-hydrogen) atoms. The van der Waals surface area contributed by atoms with E-state index < -0.39 is 0 Å². The Morgan fingerprint density at radius 1 is 1.37 bits per heavy atom. The van der Waals surface area contributed by atoms with Crippen LogP contribution < -0.4 is 14.8 Å². The standard InChI is InChI=1S/C15H20ClNO2/c1-5-7-8-13(17-6-2)11-9-12(16)15(19-4)14(10-11)18-3/h1,9-10,13,17H,6-8H2,2-4H3. The van der Waals surface area contributed by atoms with Crippen LogP contribution >= 0.6 is 11.6 Å². The number of ether oxygens (including phenoxy) is 2. The van der Waals surface area contributed by atoms with Crippen LogP contribution in [-0.4, -0.2) is 20.8 Å². The van der Waals surface area contributed by atoms with Crippen LogP contribution in [0.1, 0.15) is 31.4 Å². The van der Waals surface area contributed by atoms with Gasteiger partial charge in [0.1, 0.15) is 0 Å². The van der Waals surface area contributed by atoms with E-state index in [2.05, 4.69) is 18.2 Å². The van der Waals surface area contributed by atoms with Gasteiger partial charge in [0.2, 0.25) is 0 Å². The van der Waals surface area contributed by atoms with E-state index in [1.165, 1.54) is 0 Å². The number of methoxy groups -OCH3 is 2. The summed E-state index contributed by atoms with van der Waals surface area (Å²) in [6.07, 6.45) is 6.90. The van der Waals surface area contributed by atoms with Gasteiger partial charge in [0, 0.05) is 12.5 Å². The number of benzene rings is 1. The Balaban J connectivity index is 3.09. The zero-order valence-corrected chi connectivity index (χ0v) is 12.4. The molecule has 1 unspecified atom stereocenters. The first-order valence-electron chi connectivity index (χ1n) is 6.26. The van der Waals surface area contributed by atoms with E-state index in [9.17, 15) is 0 Å².